The zero-order valence-corrected chi connectivity index (χ0v) is 11.3. The van der Waals surface area contributed by atoms with E-state index in [1.165, 1.54) is 18.2 Å². The Morgan fingerprint density at radius 3 is 2.89 bits per heavy atom. The number of nitrogens with two attached hydrogens (primary N) is 1. The number of benzene rings is 1. The summed E-state index contributed by atoms with van der Waals surface area (Å²) in [6, 6.07) is 4.36. The Balaban J connectivity index is 2.11. The lowest BCUT2D eigenvalue weighted by molar-refractivity contribution is 0.187. The van der Waals surface area contributed by atoms with Crippen molar-refractivity contribution >= 4 is 27.3 Å². The maximum absolute atomic E-state index is 11.2. The van der Waals surface area contributed by atoms with Crippen molar-refractivity contribution in [3.8, 4) is 0 Å². The van der Waals surface area contributed by atoms with Gasteiger partial charge in [0.2, 0.25) is 10.0 Å². The van der Waals surface area contributed by atoms with E-state index in [0.717, 1.165) is 19.6 Å². The average molecular weight is 291 g/mol. The van der Waals surface area contributed by atoms with E-state index < -0.39 is 10.0 Å². The van der Waals surface area contributed by atoms with Crippen LogP contribution in [0.3, 0.4) is 0 Å². The number of hydrogen-bond acceptors (Lipinski definition) is 4. The first-order valence-corrected chi connectivity index (χ1v) is 7.53. The molecule has 1 fully saturated rings. The molecule has 0 bridgehead atoms. The van der Waals surface area contributed by atoms with Gasteiger partial charge in [0.05, 0.1) is 22.2 Å². The standard InChI is InChI=1S/C11H15ClN2O3S/c12-10-2-1-9(18(13,15)16)5-11(10)14-6-8-3-4-17-7-8/h1-2,5,8,14H,3-4,6-7H2,(H2,13,15,16). The molecule has 0 saturated carbocycles. The Kier molecular flexibility index (Phi) is 4.11. The van der Waals surface area contributed by atoms with E-state index in [2.05, 4.69) is 5.32 Å². The summed E-state index contributed by atoms with van der Waals surface area (Å²) in [4.78, 5) is 0.0528. The van der Waals surface area contributed by atoms with Gasteiger partial charge in [0.25, 0.3) is 0 Å². The van der Waals surface area contributed by atoms with Gasteiger partial charge < -0.3 is 10.1 Å². The number of nitrogens with one attached hydrogen (secondary N) is 1. The van der Waals surface area contributed by atoms with Crippen molar-refractivity contribution in [3.63, 3.8) is 0 Å². The second-order valence-corrected chi connectivity index (χ2v) is 6.27. The van der Waals surface area contributed by atoms with Crippen molar-refractivity contribution < 1.29 is 13.2 Å². The van der Waals surface area contributed by atoms with Crippen LogP contribution in [0.4, 0.5) is 5.69 Å². The summed E-state index contributed by atoms with van der Waals surface area (Å²) < 4.78 is 27.8. The minimum atomic E-state index is -3.70. The Bertz CT molecular complexity index is 527. The molecule has 0 radical (unpaired) electrons. The third kappa shape index (κ3) is 3.35. The van der Waals surface area contributed by atoms with Crippen LogP contribution in [-0.2, 0) is 14.8 Å². The molecule has 18 heavy (non-hydrogen) atoms. The first-order valence-electron chi connectivity index (χ1n) is 5.61. The van der Waals surface area contributed by atoms with Gasteiger partial charge in [0, 0.05) is 19.1 Å². The molecule has 3 N–H and O–H groups in total. The second-order valence-electron chi connectivity index (χ2n) is 4.30. The number of hydrogen-bond donors (Lipinski definition) is 2. The summed E-state index contributed by atoms with van der Waals surface area (Å²) in [5.41, 5.74) is 0.579. The molecular formula is C11H15ClN2O3S. The highest BCUT2D eigenvalue weighted by Crippen LogP contribution is 2.25. The van der Waals surface area contributed by atoms with Crippen LogP contribution in [0.1, 0.15) is 6.42 Å². The highest BCUT2D eigenvalue weighted by atomic mass is 35.5. The largest absolute Gasteiger partial charge is 0.383 e. The van der Waals surface area contributed by atoms with Crippen LogP contribution in [0.25, 0.3) is 0 Å². The molecule has 2 rings (SSSR count). The molecule has 1 aliphatic heterocycles. The van der Waals surface area contributed by atoms with E-state index >= 15 is 0 Å². The number of primary sulfonamides is 1. The maximum Gasteiger partial charge on any atom is 0.238 e. The number of halogens is 1. The maximum atomic E-state index is 11.2. The molecule has 0 aromatic heterocycles. The fourth-order valence-corrected chi connectivity index (χ4v) is 2.54. The third-order valence-electron chi connectivity index (χ3n) is 2.87. The van der Waals surface area contributed by atoms with Gasteiger partial charge in [-0.2, -0.15) is 0 Å². The van der Waals surface area contributed by atoms with Crippen LogP contribution < -0.4 is 10.5 Å². The van der Waals surface area contributed by atoms with E-state index in [4.69, 9.17) is 21.5 Å². The molecule has 0 spiro atoms. The summed E-state index contributed by atoms with van der Waals surface area (Å²) in [5, 5.41) is 8.68. The predicted molar refractivity (Wildman–Crippen MR) is 70.2 cm³/mol. The van der Waals surface area contributed by atoms with Gasteiger partial charge in [0.1, 0.15) is 0 Å². The minimum Gasteiger partial charge on any atom is -0.383 e. The molecule has 7 heteroatoms. The minimum absolute atomic E-state index is 0.0528. The number of ether oxygens (including phenoxy) is 1. The third-order valence-corrected chi connectivity index (χ3v) is 4.11. The van der Waals surface area contributed by atoms with E-state index in [0.29, 0.717) is 23.2 Å². The molecule has 1 aromatic rings. The predicted octanol–water partition coefficient (Wildman–Crippen LogP) is 1.44. The van der Waals surface area contributed by atoms with Crippen LogP contribution in [-0.4, -0.2) is 28.2 Å². The zero-order valence-electron chi connectivity index (χ0n) is 9.73. The lowest BCUT2D eigenvalue weighted by Crippen LogP contribution is -2.16. The number of rotatable bonds is 4. The van der Waals surface area contributed by atoms with Gasteiger partial charge >= 0.3 is 0 Å². The highest BCUT2D eigenvalue weighted by Gasteiger charge is 2.16. The molecule has 1 unspecified atom stereocenters. The fourth-order valence-electron chi connectivity index (χ4n) is 1.82. The van der Waals surface area contributed by atoms with Crippen molar-refractivity contribution in [3.05, 3.63) is 23.2 Å². The van der Waals surface area contributed by atoms with E-state index in [9.17, 15) is 8.42 Å². The number of sulfonamides is 1. The van der Waals surface area contributed by atoms with Gasteiger partial charge in [-0.15, -0.1) is 0 Å². The topological polar surface area (TPSA) is 81.4 Å². The molecule has 5 nitrogen and oxygen atoms in total. The van der Waals surface area contributed by atoms with Crippen LogP contribution in [0.5, 0.6) is 0 Å². The molecule has 1 saturated heterocycles. The van der Waals surface area contributed by atoms with E-state index in [1.54, 1.807) is 0 Å². The summed E-state index contributed by atoms with van der Waals surface area (Å²) in [5.74, 6) is 0.430. The van der Waals surface area contributed by atoms with Crippen LogP contribution in [0, 0.1) is 5.92 Å². The van der Waals surface area contributed by atoms with Crippen molar-refractivity contribution in [2.45, 2.75) is 11.3 Å². The Morgan fingerprint density at radius 1 is 1.50 bits per heavy atom. The lowest BCUT2D eigenvalue weighted by Gasteiger charge is -2.12. The molecule has 0 amide bonds. The Morgan fingerprint density at radius 2 is 2.28 bits per heavy atom. The van der Waals surface area contributed by atoms with Gasteiger partial charge in [-0.1, -0.05) is 11.6 Å². The Labute approximate surface area is 111 Å². The lowest BCUT2D eigenvalue weighted by atomic mass is 10.1. The first kappa shape index (κ1) is 13.6. The quantitative estimate of drug-likeness (QED) is 0.879. The fraction of sp³-hybridized carbons (Fsp3) is 0.455. The van der Waals surface area contributed by atoms with Crippen molar-refractivity contribution in [2.24, 2.45) is 11.1 Å². The van der Waals surface area contributed by atoms with Gasteiger partial charge in [-0.3, -0.25) is 0 Å². The van der Waals surface area contributed by atoms with E-state index in [-0.39, 0.29) is 4.90 Å². The molecule has 1 atom stereocenters. The summed E-state index contributed by atoms with van der Waals surface area (Å²) in [6.07, 6.45) is 1.000. The smallest absolute Gasteiger partial charge is 0.238 e. The van der Waals surface area contributed by atoms with Gasteiger partial charge in [0.15, 0.2) is 0 Å². The van der Waals surface area contributed by atoms with Crippen molar-refractivity contribution in [1.82, 2.24) is 0 Å². The SMILES string of the molecule is NS(=O)(=O)c1ccc(Cl)c(NCC2CCOC2)c1. The summed E-state index contributed by atoms with van der Waals surface area (Å²) in [7, 11) is -3.70. The molecular weight excluding hydrogens is 276 g/mol. The molecule has 0 aliphatic carbocycles. The van der Waals surface area contributed by atoms with Crippen LogP contribution >= 0.6 is 11.6 Å². The number of anilines is 1. The molecule has 1 aromatic carbocycles. The average Bonchev–Trinajstić information content (AvgIpc) is 2.79. The molecule has 100 valence electrons. The van der Waals surface area contributed by atoms with Crippen LogP contribution in [0.15, 0.2) is 23.1 Å². The van der Waals surface area contributed by atoms with Crippen LogP contribution in [0.2, 0.25) is 5.02 Å². The molecule has 1 aliphatic rings. The van der Waals surface area contributed by atoms with Crippen molar-refractivity contribution in [1.29, 1.82) is 0 Å². The van der Waals surface area contributed by atoms with Crippen molar-refractivity contribution in [2.75, 3.05) is 25.1 Å². The summed E-state index contributed by atoms with van der Waals surface area (Å²) in [6.45, 7) is 2.20. The second kappa shape index (κ2) is 5.44. The first-order chi connectivity index (χ1) is 8.47. The monoisotopic (exact) mass is 290 g/mol. The zero-order chi connectivity index (χ0) is 13.2. The molecule has 1 heterocycles. The normalized spacial score (nSPS) is 20.0. The highest BCUT2D eigenvalue weighted by molar-refractivity contribution is 7.89. The van der Waals surface area contributed by atoms with Gasteiger partial charge in [-0.05, 0) is 24.6 Å². The summed E-state index contributed by atoms with van der Waals surface area (Å²) >= 11 is 6.00. The van der Waals surface area contributed by atoms with E-state index in [1.807, 2.05) is 0 Å². The van der Waals surface area contributed by atoms with Gasteiger partial charge in [-0.25, -0.2) is 13.6 Å². The Hall–Kier alpha value is -0.820.